The summed E-state index contributed by atoms with van der Waals surface area (Å²) in [7, 11) is 1.55. The Hall–Kier alpha value is -2.01. The third-order valence-electron chi connectivity index (χ3n) is 3.27. The number of nitrogens with zero attached hydrogens (tertiary/aromatic N) is 1. The topological polar surface area (TPSA) is 64.1 Å². The maximum atomic E-state index is 12.5. The molecular weight excluding hydrogens is 292 g/mol. The molecule has 0 unspecified atom stereocenters. The average Bonchev–Trinajstić information content (AvgIpc) is 2.43. The van der Waals surface area contributed by atoms with Crippen molar-refractivity contribution in [1.29, 1.82) is 0 Å². The Balaban J connectivity index is 2.58. The predicted molar refractivity (Wildman–Crippen MR) is 82.5 cm³/mol. The molecule has 0 aliphatic heterocycles. The molecule has 0 aliphatic rings. The zero-order chi connectivity index (χ0) is 15.6. The molecule has 0 saturated heterocycles. The highest BCUT2D eigenvalue weighted by molar-refractivity contribution is 6.30. The summed E-state index contributed by atoms with van der Waals surface area (Å²) in [4.78, 5) is 27.0. The molecule has 0 atom stereocenters. The van der Waals surface area contributed by atoms with Crippen molar-refractivity contribution in [3.05, 3.63) is 61.4 Å². The molecule has 0 radical (unpaired) electrons. The smallest absolute Gasteiger partial charge is 0.329 e. The molecule has 6 heteroatoms. The Labute approximate surface area is 127 Å². The average molecular weight is 309 g/mol. The largest absolute Gasteiger partial charge is 0.496 e. The van der Waals surface area contributed by atoms with E-state index in [1.165, 1.54) is 0 Å². The number of H-pyrrole nitrogens is 1. The fraction of sp³-hybridized carbons (Fsp3) is 0.333. The number of rotatable bonds is 4. The first kappa shape index (κ1) is 15.4. The van der Waals surface area contributed by atoms with Crippen LogP contribution in [0, 0.1) is 0 Å². The highest BCUT2D eigenvalue weighted by Crippen LogP contribution is 2.19. The molecule has 0 aliphatic carbocycles. The van der Waals surface area contributed by atoms with Crippen molar-refractivity contribution >= 4 is 11.6 Å². The molecule has 2 aromatic rings. The Morgan fingerprint density at radius 2 is 1.95 bits per heavy atom. The number of aromatic amines is 1. The molecule has 5 nitrogen and oxygen atoms in total. The second kappa shape index (κ2) is 6.18. The highest BCUT2D eigenvalue weighted by atomic mass is 35.5. The number of halogens is 1. The number of benzene rings is 1. The highest BCUT2D eigenvalue weighted by Gasteiger charge is 2.16. The third-order valence-corrected chi connectivity index (χ3v) is 3.57. The summed E-state index contributed by atoms with van der Waals surface area (Å²) in [6.45, 7) is 3.85. The van der Waals surface area contributed by atoms with E-state index in [2.05, 4.69) is 4.98 Å². The molecule has 112 valence electrons. The van der Waals surface area contributed by atoms with E-state index in [-0.39, 0.29) is 23.2 Å². The maximum absolute atomic E-state index is 12.5. The molecule has 1 aromatic heterocycles. The summed E-state index contributed by atoms with van der Waals surface area (Å²) >= 11 is 5.97. The summed E-state index contributed by atoms with van der Waals surface area (Å²) in [5, 5.41) is 0.108. The van der Waals surface area contributed by atoms with Gasteiger partial charge in [-0.05, 0) is 12.0 Å². The number of nitrogens with one attached hydrogen (secondary N) is 1. The first-order chi connectivity index (χ1) is 9.95. The van der Waals surface area contributed by atoms with Crippen molar-refractivity contribution in [3.8, 4) is 5.75 Å². The van der Waals surface area contributed by atoms with Gasteiger partial charge in [0.05, 0.1) is 19.2 Å². The van der Waals surface area contributed by atoms with Crippen LogP contribution in [0.2, 0.25) is 5.15 Å². The lowest BCUT2D eigenvalue weighted by Gasteiger charge is -2.13. The van der Waals surface area contributed by atoms with Crippen molar-refractivity contribution in [3.63, 3.8) is 0 Å². The van der Waals surface area contributed by atoms with E-state index in [0.29, 0.717) is 11.3 Å². The fourth-order valence-electron chi connectivity index (χ4n) is 2.21. The minimum Gasteiger partial charge on any atom is -0.496 e. The van der Waals surface area contributed by atoms with Crippen molar-refractivity contribution in [1.82, 2.24) is 9.55 Å². The molecular formula is C15H17ClN2O3. The van der Waals surface area contributed by atoms with E-state index in [9.17, 15) is 9.59 Å². The summed E-state index contributed by atoms with van der Waals surface area (Å²) in [6, 6.07) is 7.26. The standard InChI is InChI=1S/C15H17ClN2O3/c1-9(2)12-13(16)17-15(20)18(14(12)19)8-10-6-4-5-7-11(10)21-3/h4-7,9H,8H2,1-3H3,(H,17,20). The molecule has 1 heterocycles. The van der Waals surface area contributed by atoms with Crippen molar-refractivity contribution in [2.45, 2.75) is 26.3 Å². The molecule has 0 fully saturated rings. The lowest BCUT2D eigenvalue weighted by atomic mass is 10.1. The Kier molecular flexibility index (Phi) is 4.53. The number of aromatic nitrogens is 2. The second-order valence-corrected chi connectivity index (χ2v) is 5.39. The quantitative estimate of drug-likeness (QED) is 0.882. The SMILES string of the molecule is COc1ccccc1Cn1c(=O)[nH]c(Cl)c(C(C)C)c1=O. The van der Waals surface area contributed by atoms with E-state index in [4.69, 9.17) is 16.3 Å². The zero-order valence-corrected chi connectivity index (χ0v) is 12.9. The fourth-order valence-corrected chi connectivity index (χ4v) is 2.59. The van der Waals surface area contributed by atoms with Gasteiger partial charge in [0.1, 0.15) is 10.9 Å². The van der Waals surface area contributed by atoms with Crippen molar-refractivity contribution in [2.24, 2.45) is 0 Å². The van der Waals surface area contributed by atoms with Gasteiger partial charge in [0.15, 0.2) is 0 Å². The van der Waals surface area contributed by atoms with Crippen LogP contribution in [-0.4, -0.2) is 16.7 Å². The lowest BCUT2D eigenvalue weighted by Crippen LogP contribution is -2.38. The second-order valence-electron chi connectivity index (χ2n) is 5.02. The zero-order valence-electron chi connectivity index (χ0n) is 12.1. The minimum absolute atomic E-state index is 0.0780. The van der Waals surface area contributed by atoms with Gasteiger partial charge in [-0.1, -0.05) is 43.6 Å². The number of ether oxygens (including phenoxy) is 1. The normalized spacial score (nSPS) is 10.9. The van der Waals surface area contributed by atoms with Gasteiger partial charge in [-0.3, -0.25) is 14.3 Å². The van der Waals surface area contributed by atoms with E-state index < -0.39 is 5.69 Å². The van der Waals surface area contributed by atoms with Crippen LogP contribution in [0.1, 0.15) is 30.9 Å². The summed E-state index contributed by atoms with van der Waals surface area (Å²) < 4.78 is 6.38. The van der Waals surface area contributed by atoms with Gasteiger partial charge < -0.3 is 4.74 Å². The van der Waals surface area contributed by atoms with Gasteiger partial charge in [-0.25, -0.2) is 4.79 Å². The number of methoxy groups -OCH3 is 1. The van der Waals surface area contributed by atoms with E-state index in [0.717, 1.165) is 10.1 Å². The molecule has 2 rings (SSSR count). The van der Waals surface area contributed by atoms with Crippen LogP contribution in [0.3, 0.4) is 0 Å². The monoisotopic (exact) mass is 308 g/mol. The van der Waals surface area contributed by atoms with Crippen LogP contribution in [0.15, 0.2) is 33.9 Å². The van der Waals surface area contributed by atoms with Crippen LogP contribution in [0.25, 0.3) is 0 Å². The number of hydrogen-bond donors (Lipinski definition) is 1. The summed E-state index contributed by atoms with van der Waals surface area (Å²) in [5.41, 5.74) is 0.265. The van der Waals surface area contributed by atoms with E-state index >= 15 is 0 Å². The molecule has 1 N–H and O–H groups in total. The van der Waals surface area contributed by atoms with Crippen molar-refractivity contribution in [2.75, 3.05) is 7.11 Å². The van der Waals surface area contributed by atoms with Gasteiger partial charge in [-0.2, -0.15) is 0 Å². The van der Waals surface area contributed by atoms with Crippen molar-refractivity contribution < 1.29 is 4.74 Å². The first-order valence-electron chi connectivity index (χ1n) is 6.60. The summed E-state index contributed by atoms with van der Waals surface area (Å²) in [6.07, 6.45) is 0. The number of para-hydroxylation sites is 1. The van der Waals surface area contributed by atoms with Gasteiger partial charge in [0, 0.05) is 5.56 Å². The van der Waals surface area contributed by atoms with Crippen LogP contribution >= 0.6 is 11.6 Å². The molecule has 0 saturated carbocycles. The molecule has 21 heavy (non-hydrogen) atoms. The van der Waals surface area contributed by atoms with Crippen LogP contribution in [0.5, 0.6) is 5.75 Å². The molecule has 0 bridgehead atoms. The van der Waals surface area contributed by atoms with Gasteiger partial charge in [0.25, 0.3) is 5.56 Å². The predicted octanol–water partition coefficient (Wildman–Crippen LogP) is 2.37. The molecule has 0 amide bonds. The maximum Gasteiger partial charge on any atom is 0.329 e. The lowest BCUT2D eigenvalue weighted by molar-refractivity contribution is 0.407. The Morgan fingerprint density at radius 1 is 1.29 bits per heavy atom. The van der Waals surface area contributed by atoms with Gasteiger partial charge in [0.2, 0.25) is 0 Å². The Morgan fingerprint density at radius 3 is 2.57 bits per heavy atom. The van der Waals surface area contributed by atoms with Crippen LogP contribution < -0.4 is 16.0 Å². The van der Waals surface area contributed by atoms with E-state index in [1.54, 1.807) is 13.2 Å². The summed E-state index contributed by atoms with van der Waals surface area (Å²) in [5.74, 6) is 0.551. The van der Waals surface area contributed by atoms with Crippen LogP contribution in [-0.2, 0) is 6.54 Å². The molecule has 0 spiro atoms. The minimum atomic E-state index is -0.527. The van der Waals surface area contributed by atoms with Crippen LogP contribution in [0.4, 0.5) is 0 Å². The third kappa shape index (κ3) is 3.03. The number of hydrogen-bond acceptors (Lipinski definition) is 3. The molecule has 1 aromatic carbocycles. The van der Waals surface area contributed by atoms with Gasteiger partial charge >= 0.3 is 5.69 Å². The Bertz CT molecular complexity index is 762. The van der Waals surface area contributed by atoms with Gasteiger partial charge in [-0.15, -0.1) is 0 Å². The van der Waals surface area contributed by atoms with E-state index in [1.807, 2.05) is 32.0 Å². The first-order valence-corrected chi connectivity index (χ1v) is 6.98.